The Bertz CT molecular complexity index is 691. The molecule has 1 amide bonds. The predicted octanol–water partition coefficient (Wildman–Crippen LogP) is 4.68. The minimum absolute atomic E-state index is 0.0681. The molecule has 2 aromatic carbocycles. The van der Waals surface area contributed by atoms with Crippen LogP contribution >= 0.6 is 11.8 Å². The number of benzene rings is 2. The lowest BCUT2D eigenvalue weighted by Crippen LogP contribution is -2.35. The van der Waals surface area contributed by atoms with Gasteiger partial charge in [-0.1, -0.05) is 42.5 Å². The molecule has 2 nitrogen and oxygen atoms in total. The number of carbonyl (C=O) groups is 1. The Morgan fingerprint density at radius 3 is 2.67 bits per heavy atom. The number of hydrogen-bond donors (Lipinski definition) is 1. The fourth-order valence-electron chi connectivity index (χ4n) is 3.48. The molecule has 3 rings (SSSR count). The molecule has 1 saturated carbocycles. The minimum atomic E-state index is -0.188. The van der Waals surface area contributed by atoms with E-state index in [4.69, 9.17) is 0 Å². The van der Waals surface area contributed by atoms with E-state index in [1.165, 1.54) is 6.07 Å². The number of amides is 1. The Balaban J connectivity index is 1.61. The highest BCUT2D eigenvalue weighted by molar-refractivity contribution is 7.99. The minimum Gasteiger partial charge on any atom is -0.352 e. The van der Waals surface area contributed by atoms with Crippen LogP contribution in [0.15, 0.2) is 54.6 Å². The van der Waals surface area contributed by atoms with Gasteiger partial charge in [0, 0.05) is 6.04 Å². The van der Waals surface area contributed by atoms with Gasteiger partial charge in [-0.3, -0.25) is 4.79 Å². The summed E-state index contributed by atoms with van der Waals surface area (Å²) in [6.45, 7) is 0. The Morgan fingerprint density at radius 1 is 1.17 bits per heavy atom. The highest BCUT2D eigenvalue weighted by atomic mass is 32.2. The summed E-state index contributed by atoms with van der Waals surface area (Å²) in [4.78, 5) is 12.6. The van der Waals surface area contributed by atoms with Gasteiger partial charge in [0.15, 0.2) is 0 Å². The number of thioether (sulfide) groups is 1. The summed E-state index contributed by atoms with van der Waals surface area (Å²) >= 11 is 1.55. The molecule has 0 saturated heterocycles. The number of halogens is 1. The summed E-state index contributed by atoms with van der Waals surface area (Å²) in [5.41, 5.74) is 2.07. The van der Waals surface area contributed by atoms with E-state index >= 15 is 0 Å². The first-order valence-electron chi connectivity index (χ1n) is 8.31. The maximum atomic E-state index is 13.4. The molecule has 1 aliphatic rings. The number of rotatable bonds is 5. The summed E-state index contributed by atoms with van der Waals surface area (Å²) in [5, 5.41) is 3.01. The van der Waals surface area contributed by atoms with Gasteiger partial charge in [-0.15, -0.1) is 11.8 Å². The smallest absolute Gasteiger partial charge is 0.237 e. The van der Waals surface area contributed by atoms with Crippen LogP contribution in [-0.4, -0.2) is 18.2 Å². The van der Waals surface area contributed by atoms with Crippen molar-refractivity contribution in [2.24, 2.45) is 0 Å². The molecule has 3 unspecified atom stereocenters. The first-order chi connectivity index (χ1) is 11.7. The molecule has 1 fully saturated rings. The van der Waals surface area contributed by atoms with Crippen LogP contribution in [0.25, 0.3) is 0 Å². The summed E-state index contributed by atoms with van der Waals surface area (Å²) in [7, 11) is 0. The lowest BCUT2D eigenvalue weighted by molar-refractivity contribution is -0.121. The van der Waals surface area contributed by atoms with Crippen molar-refractivity contribution in [1.82, 2.24) is 5.32 Å². The fraction of sp³-hybridized carbons (Fsp3) is 0.350. The van der Waals surface area contributed by atoms with E-state index in [2.05, 4.69) is 5.32 Å². The molecule has 0 aromatic heterocycles. The van der Waals surface area contributed by atoms with Gasteiger partial charge in [-0.05, 0) is 54.7 Å². The number of nitrogens with one attached hydrogen (secondary N) is 1. The van der Waals surface area contributed by atoms with Crippen LogP contribution in [0.2, 0.25) is 0 Å². The second kappa shape index (κ2) is 7.84. The van der Waals surface area contributed by atoms with E-state index in [1.54, 1.807) is 23.9 Å². The van der Waals surface area contributed by atoms with Crippen LogP contribution in [0.5, 0.6) is 0 Å². The Hall–Kier alpha value is -1.81. The maximum Gasteiger partial charge on any atom is 0.237 e. The van der Waals surface area contributed by atoms with Gasteiger partial charge in [-0.25, -0.2) is 4.39 Å². The molecular formula is C20H22FNOS. The average Bonchev–Trinajstić information content (AvgIpc) is 3.05. The van der Waals surface area contributed by atoms with Gasteiger partial charge in [0.1, 0.15) is 11.1 Å². The third-order valence-electron chi connectivity index (χ3n) is 4.68. The third-order valence-corrected chi connectivity index (χ3v) is 5.63. The molecule has 126 valence electrons. The van der Waals surface area contributed by atoms with Crippen LogP contribution in [-0.2, 0) is 4.79 Å². The van der Waals surface area contributed by atoms with E-state index in [1.807, 2.05) is 42.7 Å². The van der Waals surface area contributed by atoms with Gasteiger partial charge in [0.25, 0.3) is 0 Å². The molecule has 0 heterocycles. The standard InChI is InChI=1S/C20H22FNOS/c1-24-19(14-6-3-2-4-7-14)20(23)22-18-11-10-16(13-18)15-8-5-9-17(21)12-15/h2-9,12,16,18-19H,10-11,13H2,1H3,(H,22,23). The first-order valence-corrected chi connectivity index (χ1v) is 9.59. The summed E-state index contributed by atoms with van der Waals surface area (Å²) < 4.78 is 13.4. The second-order valence-corrected chi connectivity index (χ2v) is 7.24. The van der Waals surface area contributed by atoms with E-state index in [-0.39, 0.29) is 23.0 Å². The van der Waals surface area contributed by atoms with Crippen molar-refractivity contribution in [3.05, 3.63) is 71.5 Å². The summed E-state index contributed by atoms with van der Waals surface area (Å²) in [6.07, 6.45) is 4.78. The molecule has 24 heavy (non-hydrogen) atoms. The number of carbonyl (C=O) groups excluding carboxylic acids is 1. The number of hydrogen-bond acceptors (Lipinski definition) is 2. The van der Waals surface area contributed by atoms with Crippen LogP contribution in [0.3, 0.4) is 0 Å². The van der Waals surface area contributed by atoms with Gasteiger partial charge in [0.05, 0.1) is 0 Å². The van der Waals surface area contributed by atoms with Crippen molar-refractivity contribution in [2.75, 3.05) is 6.26 Å². The van der Waals surface area contributed by atoms with Crippen molar-refractivity contribution in [1.29, 1.82) is 0 Å². The van der Waals surface area contributed by atoms with Crippen LogP contribution < -0.4 is 5.32 Å². The van der Waals surface area contributed by atoms with Gasteiger partial charge in [0.2, 0.25) is 5.91 Å². The Labute approximate surface area is 146 Å². The van der Waals surface area contributed by atoms with E-state index in [9.17, 15) is 9.18 Å². The zero-order valence-corrected chi connectivity index (χ0v) is 14.6. The SMILES string of the molecule is CSC(C(=O)NC1CCC(c2cccc(F)c2)C1)c1ccccc1. The van der Waals surface area contributed by atoms with Crippen LogP contribution in [0.4, 0.5) is 4.39 Å². The molecule has 0 radical (unpaired) electrons. The molecule has 0 bridgehead atoms. The predicted molar refractivity (Wildman–Crippen MR) is 97.6 cm³/mol. The highest BCUT2D eigenvalue weighted by Gasteiger charge is 2.29. The lowest BCUT2D eigenvalue weighted by Gasteiger charge is -2.19. The zero-order valence-electron chi connectivity index (χ0n) is 13.7. The van der Waals surface area contributed by atoms with Crippen molar-refractivity contribution in [3.63, 3.8) is 0 Å². The van der Waals surface area contributed by atoms with Crippen LogP contribution in [0, 0.1) is 5.82 Å². The van der Waals surface area contributed by atoms with Gasteiger partial charge < -0.3 is 5.32 Å². The Kier molecular flexibility index (Phi) is 5.56. The lowest BCUT2D eigenvalue weighted by atomic mass is 9.97. The van der Waals surface area contributed by atoms with E-state index < -0.39 is 0 Å². The normalized spacial score (nSPS) is 21.4. The Morgan fingerprint density at radius 2 is 1.96 bits per heavy atom. The first kappa shape index (κ1) is 17.0. The van der Waals surface area contributed by atoms with Gasteiger partial charge in [-0.2, -0.15) is 0 Å². The summed E-state index contributed by atoms with van der Waals surface area (Å²) in [6, 6.07) is 16.9. The summed E-state index contributed by atoms with van der Waals surface area (Å²) in [5.74, 6) is 0.209. The van der Waals surface area contributed by atoms with E-state index in [0.29, 0.717) is 5.92 Å². The zero-order chi connectivity index (χ0) is 16.9. The molecule has 4 heteroatoms. The quantitative estimate of drug-likeness (QED) is 0.854. The maximum absolute atomic E-state index is 13.4. The second-order valence-electron chi connectivity index (χ2n) is 6.30. The average molecular weight is 343 g/mol. The third kappa shape index (κ3) is 3.99. The molecule has 0 aliphatic heterocycles. The molecule has 3 atom stereocenters. The van der Waals surface area contributed by atoms with E-state index in [0.717, 1.165) is 30.4 Å². The molecule has 1 N–H and O–H groups in total. The van der Waals surface area contributed by atoms with Gasteiger partial charge >= 0.3 is 0 Å². The topological polar surface area (TPSA) is 29.1 Å². The largest absolute Gasteiger partial charge is 0.352 e. The fourth-order valence-corrected chi connectivity index (χ4v) is 4.19. The highest BCUT2D eigenvalue weighted by Crippen LogP contribution is 2.35. The molecule has 1 aliphatic carbocycles. The molecular weight excluding hydrogens is 321 g/mol. The monoisotopic (exact) mass is 343 g/mol. The molecule has 2 aromatic rings. The van der Waals surface area contributed by atoms with Crippen molar-refractivity contribution < 1.29 is 9.18 Å². The molecule has 0 spiro atoms. The van der Waals surface area contributed by atoms with Crippen LogP contribution in [0.1, 0.15) is 41.6 Å². The van der Waals surface area contributed by atoms with Crippen molar-refractivity contribution >= 4 is 17.7 Å². The van der Waals surface area contributed by atoms with Crippen molar-refractivity contribution in [3.8, 4) is 0 Å². The van der Waals surface area contributed by atoms with Crippen molar-refractivity contribution in [2.45, 2.75) is 36.5 Å².